The highest BCUT2D eigenvalue weighted by molar-refractivity contribution is 6.05. The van der Waals surface area contributed by atoms with Crippen molar-refractivity contribution in [2.75, 3.05) is 11.9 Å². The van der Waals surface area contributed by atoms with Crippen molar-refractivity contribution in [2.45, 2.75) is 66.0 Å². The van der Waals surface area contributed by atoms with Gasteiger partial charge in [-0.3, -0.25) is 9.48 Å². The number of rotatable bonds is 3. The van der Waals surface area contributed by atoms with Gasteiger partial charge in [-0.15, -0.1) is 0 Å². The number of aryl methyl sites for hydroxylation is 2. The molecule has 0 radical (unpaired) electrons. The van der Waals surface area contributed by atoms with Gasteiger partial charge in [0.25, 0.3) is 5.91 Å². The molecule has 0 saturated carbocycles. The summed E-state index contributed by atoms with van der Waals surface area (Å²) in [5.41, 5.74) is 4.49. The van der Waals surface area contributed by atoms with Crippen molar-refractivity contribution in [3.8, 4) is 0 Å². The Labute approximate surface area is 178 Å². The van der Waals surface area contributed by atoms with Gasteiger partial charge in [0.15, 0.2) is 5.69 Å². The van der Waals surface area contributed by atoms with Gasteiger partial charge in [0.05, 0.1) is 6.54 Å². The molecular weight excluding hydrogens is 380 g/mol. The highest BCUT2D eigenvalue weighted by atomic mass is 16.6. The fourth-order valence-corrected chi connectivity index (χ4v) is 3.77. The zero-order chi connectivity index (χ0) is 22.2. The lowest BCUT2D eigenvalue weighted by Crippen LogP contribution is -2.40. The van der Waals surface area contributed by atoms with Gasteiger partial charge in [0, 0.05) is 37.0 Å². The van der Waals surface area contributed by atoms with Crippen LogP contribution in [-0.4, -0.2) is 38.8 Å². The molecule has 1 aliphatic heterocycles. The molecule has 7 nitrogen and oxygen atoms in total. The molecule has 2 amide bonds. The van der Waals surface area contributed by atoms with Crippen LogP contribution < -0.4 is 5.32 Å². The number of fused-ring (bicyclic) bond motifs is 1. The van der Waals surface area contributed by atoms with Gasteiger partial charge in [-0.25, -0.2) is 4.79 Å². The number of ether oxygens (including phenoxy) is 1. The van der Waals surface area contributed by atoms with E-state index >= 15 is 0 Å². The molecule has 0 fully saturated rings. The largest absolute Gasteiger partial charge is 0.444 e. The van der Waals surface area contributed by atoms with Crippen molar-refractivity contribution in [2.24, 2.45) is 7.05 Å². The first-order chi connectivity index (χ1) is 14.0. The predicted molar refractivity (Wildman–Crippen MR) is 117 cm³/mol. The van der Waals surface area contributed by atoms with Gasteiger partial charge in [-0.05, 0) is 44.7 Å². The molecule has 2 heterocycles. The molecule has 162 valence electrons. The monoisotopic (exact) mass is 412 g/mol. The van der Waals surface area contributed by atoms with E-state index < -0.39 is 5.60 Å². The van der Waals surface area contributed by atoms with Crippen LogP contribution in [0.1, 0.15) is 73.4 Å². The molecule has 0 unspecified atom stereocenters. The maximum atomic E-state index is 13.2. The summed E-state index contributed by atoms with van der Waals surface area (Å²) in [6.07, 6.45) is 0.261. The van der Waals surface area contributed by atoms with Gasteiger partial charge in [0.1, 0.15) is 5.60 Å². The second-order valence-electron chi connectivity index (χ2n) is 9.20. The van der Waals surface area contributed by atoms with Crippen LogP contribution in [0.4, 0.5) is 10.5 Å². The van der Waals surface area contributed by atoms with Crippen LogP contribution in [0.5, 0.6) is 0 Å². The van der Waals surface area contributed by atoms with Crippen LogP contribution in [0.15, 0.2) is 18.2 Å². The van der Waals surface area contributed by atoms with Crippen LogP contribution in [-0.2, 0) is 24.8 Å². The van der Waals surface area contributed by atoms with Crippen molar-refractivity contribution >= 4 is 17.7 Å². The Morgan fingerprint density at radius 2 is 1.93 bits per heavy atom. The summed E-state index contributed by atoms with van der Waals surface area (Å²) in [4.78, 5) is 27.4. The summed E-state index contributed by atoms with van der Waals surface area (Å²) in [5.74, 6) is 0.0228. The highest BCUT2D eigenvalue weighted by Gasteiger charge is 2.31. The summed E-state index contributed by atoms with van der Waals surface area (Å²) in [6.45, 7) is 12.6. The van der Waals surface area contributed by atoms with E-state index in [1.54, 1.807) is 9.58 Å². The molecule has 2 aromatic rings. The summed E-state index contributed by atoms with van der Waals surface area (Å²) >= 11 is 0. The smallest absolute Gasteiger partial charge is 0.410 e. The molecule has 0 aliphatic carbocycles. The summed E-state index contributed by atoms with van der Waals surface area (Å²) in [5, 5.41) is 7.56. The van der Waals surface area contributed by atoms with E-state index in [9.17, 15) is 9.59 Å². The van der Waals surface area contributed by atoms with Crippen LogP contribution in [0.3, 0.4) is 0 Å². The molecule has 7 heteroatoms. The van der Waals surface area contributed by atoms with Crippen LogP contribution in [0, 0.1) is 6.92 Å². The minimum atomic E-state index is -0.565. The number of hydrogen-bond acceptors (Lipinski definition) is 4. The zero-order valence-electron chi connectivity index (χ0n) is 19.0. The topological polar surface area (TPSA) is 76.5 Å². The first kappa shape index (κ1) is 21.9. The normalized spacial score (nSPS) is 13.9. The molecule has 0 saturated heterocycles. The number of para-hydroxylation sites is 1. The first-order valence-electron chi connectivity index (χ1n) is 10.4. The molecule has 0 spiro atoms. The number of amides is 2. The van der Waals surface area contributed by atoms with Crippen LogP contribution in [0.25, 0.3) is 0 Å². The lowest BCUT2D eigenvalue weighted by molar-refractivity contribution is 0.0222. The highest BCUT2D eigenvalue weighted by Crippen LogP contribution is 2.29. The zero-order valence-corrected chi connectivity index (χ0v) is 19.0. The summed E-state index contributed by atoms with van der Waals surface area (Å²) < 4.78 is 7.26. The maximum absolute atomic E-state index is 13.2. The second kappa shape index (κ2) is 8.13. The van der Waals surface area contributed by atoms with E-state index in [1.807, 2.05) is 52.9 Å². The number of anilines is 1. The van der Waals surface area contributed by atoms with Gasteiger partial charge in [-0.2, -0.15) is 5.10 Å². The standard InChI is InChI=1S/C23H32N4O3/c1-14(2)16-10-8-9-15(3)19(16)24-21(28)20-17-13-27(22(29)30-23(4,5)6)12-11-18(17)26(7)25-20/h8-10,14H,11-13H2,1-7H3,(H,24,28). The molecular formula is C23H32N4O3. The van der Waals surface area contributed by atoms with Crippen molar-refractivity contribution in [3.05, 3.63) is 46.3 Å². The fourth-order valence-electron chi connectivity index (χ4n) is 3.77. The Bertz CT molecular complexity index is 970. The van der Waals surface area contributed by atoms with Crippen molar-refractivity contribution in [3.63, 3.8) is 0 Å². The number of carbonyl (C=O) groups is 2. The number of nitrogens with one attached hydrogen (secondary N) is 1. The molecule has 1 N–H and O–H groups in total. The summed E-state index contributed by atoms with van der Waals surface area (Å²) in [7, 11) is 1.84. The van der Waals surface area contributed by atoms with Gasteiger partial charge in [0.2, 0.25) is 0 Å². The van der Waals surface area contributed by atoms with Crippen LogP contribution in [0.2, 0.25) is 0 Å². The Kier molecular flexibility index (Phi) is 5.92. The Hall–Kier alpha value is -2.83. The Morgan fingerprint density at radius 1 is 1.23 bits per heavy atom. The van der Waals surface area contributed by atoms with Gasteiger partial charge in [-0.1, -0.05) is 32.0 Å². The molecule has 3 rings (SSSR count). The van der Waals surface area contributed by atoms with Crippen molar-refractivity contribution in [1.29, 1.82) is 0 Å². The van der Waals surface area contributed by atoms with Gasteiger partial charge >= 0.3 is 6.09 Å². The predicted octanol–water partition coefficient (Wildman–Crippen LogP) is 4.40. The first-order valence-corrected chi connectivity index (χ1v) is 10.4. The Morgan fingerprint density at radius 3 is 2.57 bits per heavy atom. The van der Waals surface area contributed by atoms with E-state index in [0.29, 0.717) is 25.2 Å². The Balaban J connectivity index is 1.88. The quantitative estimate of drug-likeness (QED) is 0.811. The number of aromatic nitrogens is 2. The van der Waals surface area contributed by atoms with Gasteiger partial charge < -0.3 is 15.0 Å². The molecule has 1 aliphatic rings. The van der Waals surface area contributed by atoms with E-state index in [-0.39, 0.29) is 17.9 Å². The van der Waals surface area contributed by atoms with E-state index in [2.05, 4.69) is 24.3 Å². The minimum Gasteiger partial charge on any atom is -0.444 e. The molecule has 1 aromatic carbocycles. The lowest BCUT2D eigenvalue weighted by atomic mass is 9.98. The van der Waals surface area contributed by atoms with Crippen LogP contribution >= 0.6 is 0 Å². The maximum Gasteiger partial charge on any atom is 0.410 e. The average molecular weight is 413 g/mol. The third-order valence-corrected chi connectivity index (χ3v) is 5.27. The lowest BCUT2D eigenvalue weighted by Gasteiger charge is -2.30. The fraction of sp³-hybridized carbons (Fsp3) is 0.522. The number of carbonyl (C=O) groups excluding carboxylic acids is 2. The minimum absolute atomic E-state index is 0.255. The third kappa shape index (κ3) is 4.50. The third-order valence-electron chi connectivity index (χ3n) is 5.27. The number of benzene rings is 1. The molecule has 0 atom stereocenters. The molecule has 0 bridgehead atoms. The number of nitrogens with zero attached hydrogens (tertiary/aromatic N) is 3. The average Bonchev–Trinajstić information content (AvgIpc) is 2.98. The van der Waals surface area contributed by atoms with E-state index in [0.717, 1.165) is 28.1 Å². The second-order valence-corrected chi connectivity index (χ2v) is 9.20. The van der Waals surface area contributed by atoms with Crippen molar-refractivity contribution in [1.82, 2.24) is 14.7 Å². The number of hydrogen-bond donors (Lipinski definition) is 1. The molecule has 1 aromatic heterocycles. The van der Waals surface area contributed by atoms with Crippen molar-refractivity contribution < 1.29 is 14.3 Å². The summed E-state index contributed by atoms with van der Waals surface area (Å²) in [6, 6.07) is 6.02. The SMILES string of the molecule is Cc1cccc(C(C)C)c1NC(=O)c1nn(C)c2c1CN(C(=O)OC(C)(C)C)CC2. The molecule has 30 heavy (non-hydrogen) atoms. The van der Waals surface area contributed by atoms with E-state index in [1.165, 1.54) is 0 Å². The van der Waals surface area contributed by atoms with E-state index in [4.69, 9.17) is 4.74 Å².